The maximum absolute atomic E-state index is 5.11. The molecule has 0 bridgehead atoms. The smallest absolute Gasteiger partial charge is 0.0143 e. The first kappa shape index (κ1) is 9.04. The first-order valence-corrected chi connectivity index (χ1v) is 4.17. The van der Waals surface area contributed by atoms with Crippen molar-refractivity contribution in [1.82, 2.24) is 0 Å². The molecule has 0 nitrogen and oxygen atoms in total. The Labute approximate surface area is 66.2 Å². The van der Waals surface area contributed by atoms with Gasteiger partial charge in [0.05, 0.1) is 0 Å². The summed E-state index contributed by atoms with van der Waals surface area (Å²) < 4.78 is 0. The van der Waals surface area contributed by atoms with Crippen LogP contribution in [0.2, 0.25) is 0 Å². The average molecular weight is 189 g/mol. The van der Waals surface area contributed by atoms with E-state index in [-0.39, 0.29) is 0 Å². The summed E-state index contributed by atoms with van der Waals surface area (Å²) in [6.45, 7) is 4.36. The first-order valence-electron chi connectivity index (χ1n) is 3.26. The molecule has 0 aromatic rings. The summed E-state index contributed by atoms with van der Waals surface area (Å²) in [5, 5.41) is 0. The van der Waals surface area contributed by atoms with Gasteiger partial charge in [-0.25, -0.2) is 0 Å². The predicted octanol–water partition coefficient (Wildman–Crippen LogP) is 2.82. The molecule has 0 radical (unpaired) electrons. The molecule has 1 heteroatoms. The number of terminal acetylenes is 1. The van der Waals surface area contributed by atoms with Gasteiger partial charge < -0.3 is 0 Å². The Kier molecular flexibility index (Phi) is 4.90. The predicted molar refractivity (Wildman–Crippen MR) is 45.6 cm³/mol. The Morgan fingerprint density at radius 1 is 1.56 bits per heavy atom. The Morgan fingerprint density at radius 3 is 2.44 bits per heavy atom. The van der Waals surface area contributed by atoms with Crippen molar-refractivity contribution in [2.75, 3.05) is 0 Å². The van der Waals surface area contributed by atoms with Gasteiger partial charge in [-0.05, 0) is 12.3 Å². The van der Waals surface area contributed by atoms with Crippen LogP contribution in [0.5, 0.6) is 0 Å². The van der Waals surface area contributed by atoms with E-state index in [0.717, 1.165) is 12.8 Å². The molecule has 0 aliphatic carbocycles. The standard InChI is InChI=1S/C8H13Br/c1-4-5-6-7(2)8(3)9/h1,7-8H,5-6H2,2-3H3. The number of rotatable bonds is 3. The molecule has 0 N–H and O–H groups in total. The highest BCUT2D eigenvalue weighted by Crippen LogP contribution is 2.16. The summed E-state index contributed by atoms with van der Waals surface area (Å²) in [4.78, 5) is 0.589. The lowest BCUT2D eigenvalue weighted by molar-refractivity contribution is 0.544. The van der Waals surface area contributed by atoms with Crippen molar-refractivity contribution >= 4 is 15.9 Å². The van der Waals surface area contributed by atoms with Gasteiger partial charge in [0.2, 0.25) is 0 Å². The van der Waals surface area contributed by atoms with Crippen LogP contribution in [-0.4, -0.2) is 4.83 Å². The van der Waals surface area contributed by atoms with Crippen LogP contribution in [0.1, 0.15) is 26.7 Å². The van der Waals surface area contributed by atoms with Gasteiger partial charge in [0.25, 0.3) is 0 Å². The van der Waals surface area contributed by atoms with E-state index in [9.17, 15) is 0 Å². The molecule has 0 aliphatic rings. The highest BCUT2D eigenvalue weighted by molar-refractivity contribution is 9.09. The van der Waals surface area contributed by atoms with Gasteiger partial charge in [0, 0.05) is 11.2 Å². The van der Waals surface area contributed by atoms with Gasteiger partial charge in [-0.3, -0.25) is 0 Å². The molecule has 0 fully saturated rings. The van der Waals surface area contributed by atoms with Crippen molar-refractivity contribution in [1.29, 1.82) is 0 Å². The van der Waals surface area contributed by atoms with Gasteiger partial charge in [-0.1, -0.05) is 29.8 Å². The van der Waals surface area contributed by atoms with Crippen LogP contribution in [0, 0.1) is 18.3 Å². The SMILES string of the molecule is C#CCCC(C)C(C)Br. The maximum Gasteiger partial charge on any atom is 0.0143 e. The van der Waals surface area contributed by atoms with Crippen molar-refractivity contribution in [2.24, 2.45) is 5.92 Å². The third-order valence-corrected chi connectivity index (χ3v) is 2.43. The lowest BCUT2D eigenvalue weighted by atomic mass is 10.0. The van der Waals surface area contributed by atoms with E-state index >= 15 is 0 Å². The zero-order valence-corrected chi connectivity index (χ0v) is 7.61. The molecule has 0 spiro atoms. The molecule has 2 unspecified atom stereocenters. The van der Waals surface area contributed by atoms with E-state index in [1.54, 1.807) is 0 Å². The molecular weight excluding hydrogens is 176 g/mol. The van der Waals surface area contributed by atoms with Crippen molar-refractivity contribution in [2.45, 2.75) is 31.5 Å². The Hall–Kier alpha value is 0.0400. The zero-order valence-electron chi connectivity index (χ0n) is 6.02. The van der Waals surface area contributed by atoms with Crippen LogP contribution in [-0.2, 0) is 0 Å². The van der Waals surface area contributed by atoms with Crippen LogP contribution in [0.15, 0.2) is 0 Å². The highest BCUT2D eigenvalue weighted by atomic mass is 79.9. The molecule has 0 saturated carbocycles. The molecular formula is C8H13Br. The van der Waals surface area contributed by atoms with Crippen LogP contribution >= 0.6 is 15.9 Å². The van der Waals surface area contributed by atoms with E-state index in [2.05, 4.69) is 35.7 Å². The lowest BCUT2D eigenvalue weighted by Gasteiger charge is -2.10. The van der Waals surface area contributed by atoms with Crippen LogP contribution in [0.4, 0.5) is 0 Å². The van der Waals surface area contributed by atoms with E-state index in [4.69, 9.17) is 6.42 Å². The fourth-order valence-electron chi connectivity index (χ4n) is 0.541. The van der Waals surface area contributed by atoms with Gasteiger partial charge in [-0.15, -0.1) is 12.3 Å². The number of hydrogen-bond donors (Lipinski definition) is 0. The molecule has 0 aromatic heterocycles. The molecule has 0 amide bonds. The summed E-state index contributed by atoms with van der Waals surface area (Å²) in [5.74, 6) is 3.33. The monoisotopic (exact) mass is 188 g/mol. The van der Waals surface area contributed by atoms with Gasteiger partial charge >= 0.3 is 0 Å². The summed E-state index contributed by atoms with van der Waals surface area (Å²) in [5.41, 5.74) is 0. The molecule has 2 atom stereocenters. The van der Waals surface area contributed by atoms with E-state index < -0.39 is 0 Å². The largest absolute Gasteiger partial charge is 0.120 e. The highest BCUT2D eigenvalue weighted by Gasteiger charge is 2.05. The normalized spacial score (nSPS) is 16.2. The third-order valence-electron chi connectivity index (χ3n) is 1.53. The summed E-state index contributed by atoms with van der Waals surface area (Å²) in [7, 11) is 0. The number of hydrogen-bond acceptors (Lipinski definition) is 0. The fourth-order valence-corrected chi connectivity index (χ4v) is 0.805. The van der Waals surface area contributed by atoms with Gasteiger partial charge in [0.1, 0.15) is 0 Å². The molecule has 0 saturated heterocycles. The quantitative estimate of drug-likeness (QED) is 0.473. The second-order valence-corrected chi connectivity index (χ2v) is 3.84. The summed E-state index contributed by atoms with van der Waals surface area (Å²) in [6.07, 6.45) is 7.14. The van der Waals surface area contributed by atoms with Crippen molar-refractivity contribution in [3.8, 4) is 12.3 Å². The van der Waals surface area contributed by atoms with Crippen LogP contribution in [0.25, 0.3) is 0 Å². The van der Waals surface area contributed by atoms with Crippen molar-refractivity contribution in [3.63, 3.8) is 0 Å². The Balaban J connectivity index is 3.29. The van der Waals surface area contributed by atoms with Crippen LogP contribution in [0.3, 0.4) is 0 Å². The third kappa shape index (κ3) is 4.54. The Morgan fingerprint density at radius 2 is 2.11 bits per heavy atom. The first-order chi connectivity index (χ1) is 4.18. The molecule has 52 valence electrons. The van der Waals surface area contributed by atoms with Crippen LogP contribution < -0.4 is 0 Å². The lowest BCUT2D eigenvalue weighted by Crippen LogP contribution is -2.05. The number of alkyl halides is 1. The fraction of sp³-hybridized carbons (Fsp3) is 0.750. The van der Waals surface area contributed by atoms with Gasteiger partial charge in [0.15, 0.2) is 0 Å². The maximum atomic E-state index is 5.11. The minimum atomic E-state index is 0.589. The van der Waals surface area contributed by atoms with E-state index in [0.29, 0.717) is 10.7 Å². The van der Waals surface area contributed by atoms with Crippen molar-refractivity contribution < 1.29 is 0 Å². The topological polar surface area (TPSA) is 0 Å². The zero-order chi connectivity index (χ0) is 7.28. The van der Waals surface area contributed by atoms with Crippen molar-refractivity contribution in [3.05, 3.63) is 0 Å². The molecule has 0 aromatic carbocycles. The molecule has 0 heterocycles. The summed E-state index contributed by atoms with van der Waals surface area (Å²) in [6, 6.07) is 0. The molecule has 0 rings (SSSR count). The minimum Gasteiger partial charge on any atom is -0.120 e. The second-order valence-electron chi connectivity index (χ2n) is 2.40. The molecule has 0 aliphatic heterocycles. The summed E-state index contributed by atoms with van der Waals surface area (Å²) >= 11 is 3.50. The number of halogens is 1. The average Bonchev–Trinajstić information content (AvgIpc) is 1.82. The van der Waals surface area contributed by atoms with E-state index in [1.165, 1.54) is 0 Å². The Bertz CT molecular complexity index is 99.6. The minimum absolute atomic E-state index is 0.589. The van der Waals surface area contributed by atoms with E-state index in [1.807, 2.05) is 0 Å². The molecule has 9 heavy (non-hydrogen) atoms. The van der Waals surface area contributed by atoms with Gasteiger partial charge in [-0.2, -0.15) is 0 Å². The second kappa shape index (κ2) is 4.88.